The van der Waals surface area contributed by atoms with Crippen LogP contribution in [0.15, 0.2) is 24.3 Å². The van der Waals surface area contributed by atoms with E-state index in [1.807, 2.05) is 31.1 Å². The lowest BCUT2D eigenvalue weighted by Crippen LogP contribution is -2.60. The first kappa shape index (κ1) is 65.1. The molecular weight excluding hydrogens is 895 g/mol. The largest absolute Gasteiger partial charge is 0.446 e. The molecule has 0 saturated carbocycles. The Labute approximate surface area is 434 Å². The molecule has 0 aliphatic carbocycles. The van der Waals surface area contributed by atoms with Crippen molar-refractivity contribution in [1.82, 2.24) is 5.32 Å². The number of unbranched alkanes of at least 4 members (excludes halogenated alkanes) is 34. The van der Waals surface area contributed by atoms with Crippen LogP contribution in [0, 0.1) is 0 Å². The molecule has 1 aliphatic rings. The third kappa shape index (κ3) is 32.8. The maximum atomic E-state index is 12.6. The second-order valence-electron chi connectivity index (χ2n) is 21.4. The molecule has 1 fully saturated rings. The van der Waals surface area contributed by atoms with E-state index in [0.717, 1.165) is 44.2 Å². The monoisotopic (exact) mass is 1010 g/mol. The minimum absolute atomic E-state index is 0.127. The summed E-state index contributed by atoms with van der Waals surface area (Å²) in [5.41, 5.74) is 1.48. The molecule has 1 heterocycles. The normalized spacial score (nSPS) is 19.4. The SMILES string of the molecule is CCCCCCCCCCCCCCCCCCCCCCCCCCN[C@@H](CO[C@@H]1O[C@H](COC(=O)Nc2ccc(N(C)C)cc2)[C@H](O)[C@H](O)[C@H]1O)[C@H](O)[C@H](O)CCCCCCCCCCCCCC. The van der Waals surface area contributed by atoms with Gasteiger partial charge in [-0.1, -0.05) is 239 Å². The van der Waals surface area contributed by atoms with E-state index in [1.165, 1.54) is 193 Å². The molecule has 0 spiro atoms. The highest BCUT2D eigenvalue weighted by molar-refractivity contribution is 5.84. The molecule has 7 N–H and O–H groups in total. The smallest absolute Gasteiger partial charge is 0.411 e. The standard InChI is InChI=1S/C59H111N3O9/c1-5-7-9-11-13-15-17-19-20-21-22-23-24-25-26-27-28-29-30-32-34-36-38-40-46-60-51(54(64)52(63)41-39-37-35-33-31-18-16-14-12-10-8-6-2)47-69-58-57(67)56(66)55(65)53(71-58)48-70-59(68)61-49-42-44-50(45-43-49)62(3)4/h42-45,51-58,60,63-67H,5-41,46-48H2,1-4H3,(H,61,68)/t51-,52+,53+,54-,55-,56-,57+,58+/m0/s1. The predicted octanol–water partition coefficient (Wildman–Crippen LogP) is 13.3. The van der Waals surface area contributed by atoms with E-state index in [9.17, 15) is 30.3 Å². The average molecular weight is 1010 g/mol. The Bertz CT molecular complexity index is 1340. The number of carbonyl (C=O) groups excluding carboxylic acids is 1. The number of carbonyl (C=O) groups is 1. The fraction of sp³-hybridized carbons (Fsp3) is 0.881. The molecule has 0 bridgehead atoms. The van der Waals surface area contributed by atoms with Crippen LogP contribution in [0.2, 0.25) is 0 Å². The zero-order valence-corrected chi connectivity index (χ0v) is 46.0. The van der Waals surface area contributed by atoms with Crippen molar-refractivity contribution >= 4 is 17.5 Å². The summed E-state index contributed by atoms with van der Waals surface area (Å²) >= 11 is 0. The highest BCUT2D eigenvalue weighted by Crippen LogP contribution is 2.25. The van der Waals surface area contributed by atoms with Gasteiger partial charge in [0.05, 0.1) is 24.9 Å². The number of ether oxygens (including phenoxy) is 3. The van der Waals surface area contributed by atoms with Gasteiger partial charge in [-0.2, -0.15) is 0 Å². The van der Waals surface area contributed by atoms with Gasteiger partial charge >= 0.3 is 6.09 Å². The fourth-order valence-corrected chi connectivity index (χ4v) is 9.83. The molecule has 0 unspecified atom stereocenters. The third-order valence-corrected chi connectivity index (χ3v) is 14.7. The lowest BCUT2D eigenvalue weighted by molar-refractivity contribution is -0.302. The third-order valence-electron chi connectivity index (χ3n) is 14.7. The molecule has 1 saturated heterocycles. The zero-order valence-electron chi connectivity index (χ0n) is 46.0. The second kappa shape index (κ2) is 44.3. The summed E-state index contributed by atoms with van der Waals surface area (Å²) in [6.07, 6.45) is 37.0. The van der Waals surface area contributed by atoms with Gasteiger partial charge in [-0.15, -0.1) is 0 Å². The predicted molar refractivity (Wildman–Crippen MR) is 294 cm³/mol. The molecule has 71 heavy (non-hydrogen) atoms. The highest BCUT2D eigenvalue weighted by Gasteiger charge is 2.45. The molecule has 1 amide bonds. The van der Waals surface area contributed by atoms with E-state index in [0.29, 0.717) is 18.7 Å². The Morgan fingerprint density at radius 2 is 0.958 bits per heavy atom. The number of amides is 1. The van der Waals surface area contributed by atoms with E-state index >= 15 is 0 Å². The minimum atomic E-state index is -1.63. The van der Waals surface area contributed by atoms with Crippen molar-refractivity contribution < 1.29 is 44.5 Å². The Hall–Kier alpha value is -2.03. The number of rotatable bonds is 48. The first-order valence-corrected chi connectivity index (χ1v) is 29.7. The van der Waals surface area contributed by atoms with E-state index in [1.54, 1.807) is 12.1 Å². The van der Waals surface area contributed by atoms with Crippen LogP contribution in [-0.2, 0) is 14.2 Å². The van der Waals surface area contributed by atoms with Crippen molar-refractivity contribution in [2.75, 3.05) is 44.1 Å². The number of nitrogens with one attached hydrogen (secondary N) is 2. The summed E-state index contributed by atoms with van der Waals surface area (Å²) in [5.74, 6) is 0. The van der Waals surface area contributed by atoms with Gasteiger partial charge in [0.25, 0.3) is 0 Å². The van der Waals surface area contributed by atoms with Gasteiger partial charge in [0.2, 0.25) is 0 Å². The van der Waals surface area contributed by atoms with Crippen LogP contribution < -0.4 is 15.5 Å². The number of nitrogens with zero attached hydrogens (tertiary/aromatic N) is 1. The number of aliphatic hydroxyl groups excluding tert-OH is 5. The van der Waals surface area contributed by atoms with E-state index in [2.05, 4.69) is 24.5 Å². The van der Waals surface area contributed by atoms with Gasteiger partial charge in [0, 0.05) is 25.5 Å². The summed E-state index contributed by atoms with van der Waals surface area (Å²) < 4.78 is 17.2. The first-order valence-electron chi connectivity index (χ1n) is 29.7. The minimum Gasteiger partial charge on any atom is -0.446 e. The molecular formula is C59H111N3O9. The van der Waals surface area contributed by atoms with Crippen LogP contribution in [0.1, 0.15) is 251 Å². The van der Waals surface area contributed by atoms with Gasteiger partial charge < -0.3 is 50.0 Å². The van der Waals surface area contributed by atoms with Gasteiger partial charge in [0.15, 0.2) is 6.29 Å². The highest BCUT2D eigenvalue weighted by atomic mass is 16.7. The molecule has 8 atom stereocenters. The topological polar surface area (TPSA) is 173 Å². The summed E-state index contributed by atoms with van der Waals surface area (Å²) in [6.45, 7) is 4.62. The second-order valence-corrected chi connectivity index (χ2v) is 21.4. The van der Waals surface area contributed by atoms with E-state index < -0.39 is 61.7 Å². The molecule has 12 nitrogen and oxygen atoms in total. The molecule has 1 aliphatic heterocycles. The van der Waals surface area contributed by atoms with Crippen molar-refractivity contribution in [3.63, 3.8) is 0 Å². The van der Waals surface area contributed by atoms with Crippen LogP contribution in [0.5, 0.6) is 0 Å². The molecule has 12 heteroatoms. The Kier molecular flexibility index (Phi) is 40.6. The number of hydrogen-bond acceptors (Lipinski definition) is 11. The molecule has 0 radical (unpaired) electrons. The zero-order chi connectivity index (χ0) is 51.6. The lowest BCUT2D eigenvalue weighted by atomic mass is 9.98. The Balaban J connectivity index is 1.71. The van der Waals surface area contributed by atoms with Crippen LogP contribution in [0.3, 0.4) is 0 Å². The van der Waals surface area contributed by atoms with Crippen molar-refractivity contribution in [3.05, 3.63) is 24.3 Å². The van der Waals surface area contributed by atoms with Crippen molar-refractivity contribution in [2.24, 2.45) is 0 Å². The maximum absolute atomic E-state index is 12.6. The summed E-state index contributed by atoms with van der Waals surface area (Å²) in [7, 11) is 3.84. The fourth-order valence-electron chi connectivity index (χ4n) is 9.83. The maximum Gasteiger partial charge on any atom is 0.411 e. The van der Waals surface area contributed by atoms with Gasteiger partial charge in [-0.05, 0) is 43.7 Å². The quantitative estimate of drug-likeness (QED) is 0.0310. The lowest BCUT2D eigenvalue weighted by Gasteiger charge is -2.40. The summed E-state index contributed by atoms with van der Waals surface area (Å²) in [5, 5.41) is 61.0. The van der Waals surface area contributed by atoms with Crippen LogP contribution in [-0.4, -0.2) is 114 Å². The average Bonchev–Trinajstić information content (AvgIpc) is 3.36. The van der Waals surface area contributed by atoms with Crippen molar-refractivity contribution in [3.8, 4) is 0 Å². The van der Waals surface area contributed by atoms with Gasteiger partial charge in [-0.3, -0.25) is 5.32 Å². The number of benzene rings is 1. The van der Waals surface area contributed by atoms with Crippen molar-refractivity contribution in [2.45, 2.75) is 300 Å². The molecule has 1 aromatic carbocycles. The summed E-state index contributed by atoms with van der Waals surface area (Å²) in [4.78, 5) is 14.6. The van der Waals surface area contributed by atoms with Gasteiger partial charge in [0.1, 0.15) is 31.0 Å². The van der Waals surface area contributed by atoms with Gasteiger partial charge in [-0.25, -0.2) is 4.79 Å². The Morgan fingerprint density at radius 3 is 1.37 bits per heavy atom. The molecule has 416 valence electrons. The summed E-state index contributed by atoms with van der Waals surface area (Å²) in [6, 6.07) is 6.51. The Morgan fingerprint density at radius 1 is 0.563 bits per heavy atom. The number of aliphatic hydroxyl groups is 5. The van der Waals surface area contributed by atoms with E-state index in [4.69, 9.17) is 14.2 Å². The van der Waals surface area contributed by atoms with Crippen LogP contribution in [0.25, 0.3) is 0 Å². The molecule has 1 aromatic rings. The first-order chi connectivity index (χ1) is 34.6. The van der Waals surface area contributed by atoms with Crippen LogP contribution in [0.4, 0.5) is 16.2 Å². The van der Waals surface area contributed by atoms with E-state index in [-0.39, 0.29) is 6.61 Å². The van der Waals surface area contributed by atoms with Crippen LogP contribution >= 0.6 is 0 Å². The number of hydrogen-bond donors (Lipinski definition) is 7. The molecule has 0 aromatic heterocycles. The molecule has 2 rings (SSSR count). The van der Waals surface area contributed by atoms with Crippen molar-refractivity contribution in [1.29, 1.82) is 0 Å². The number of anilines is 2.